The van der Waals surface area contributed by atoms with Crippen molar-refractivity contribution in [3.63, 3.8) is 0 Å². The second-order valence-corrected chi connectivity index (χ2v) is 6.78. The lowest BCUT2D eigenvalue weighted by atomic mass is 9.96. The Labute approximate surface area is 108 Å². The fourth-order valence-corrected chi connectivity index (χ4v) is 3.83. The van der Waals surface area contributed by atoms with E-state index in [9.17, 15) is 4.79 Å². The van der Waals surface area contributed by atoms with E-state index in [-0.39, 0.29) is 10.7 Å². The summed E-state index contributed by atoms with van der Waals surface area (Å²) in [6, 6.07) is 0.534. The van der Waals surface area contributed by atoms with Crippen molar-refractivity contribution in [3.8, 4) is 0 Å². The summed E-state index contributed by atoms with van der Waals surface area (Å²) in [5.41, 5.74) is 0. The van der Waals surface area contributed by atoms with Gasteiger partial charge in [-0.2, -0.15) is 4.99 Å². The largest absolute Gasteiger partial charge is 0.362 e. The van der Waals surface area contributed by atoms with Gasteiger partial charge in [-0.15, -0.1) is 0 Å². The molecule has 1 saturated carbocycles. The summed E-state index contributed by atoms with van der Waals surface area (Å²) in [5, 5.41) is 4.31. The number of hydrogen-bond acceptors (Lipinski definition) is 3. The zero-order valence-electron chi connectivity index (χ0n) is 10.8. The quantitative estimate of drug-likeness (QED) is 0.841. The summed E-state index contributed by atoms with van der Waals surface area (Å²) in [5.74, 6) is 0.0441. The van der Waals surface area contributed by atoms with Gasteiger partial charge in [0.05, 0.1) is 0 Å². The van der Waals surface area contributed by atoms with Crippen molar-refractivity contribution in [2.24, 2.45) is 4.99 Å². The number of hydrogen-bond donors (Lipinski definition) is 1. The number of aliphatic imine (C=N–C) groups is 1. The maximum absolute atomic E-state index is 11.9. The molecule has 1 fully saturated rings. The number of amides is 1. The van der Waals surface area contributed by atoms with E-state index in [4.69, 9.17) is 0 Å². The minimum absolute atomic E-state index is 0.0441. The van der Waals surface area contributed by atoms with Gasteiger partial charge < -0.3 is 5.32 Å². The number of nitrogens with zero attached hydrogens (tertiary/aromatic N) is 1. The molecule has 1 amide bonds. The van der Waals surface area contributed by atoms with Crippen molar-refractivity contribution in [2.75, 3.05) is 0 Å². The molecule has 2 rings (SSSR count). The number of amidine groups is 1. The van der Waals surface area contributed by atoms with Crippen LogP contribution >= 0.6 is 11.8 Å². The zero-order valence-corrected chi connectivity index (χ0v) is 11.6. The molecule has 2 aliphatic rings. The molecule has 1 atom stereocenters. The number of carbonyl (C=O) groups excluding carboxylic acids is 1. The lowest BCUT2D eigenvalue weighted by molar-refractivity contribution is -0.119. The van der Waals surface area contributed by atoms with E-state index in [0.29, 0.717) is 6.04 Å². The van der Waals surface area contributed by atoms with Crippen LogP contribution in [0.2, 0.25) is 0 Å². The molecular formula is C13H22N2OS. The van der Waals surface area contributed by atoms with Gasteiger partial charge in [-0.05, 0) is 26.2 Å². The van der Waals surface area contributed by atoms with Gasteiger partial charge in [-0.25, -0.2) is 0 Å². The SMILES string of the molecule is CCCC1(C)SC(NC2CCCCC2)=NC1=O. The van der Waals surface area contributed by atoms with Gasteiger partial charge >= 0.3 is 0 Å². The van der Waals surface area contributed by atoms with Gasteiger partial charge in [0.15, 0.2) is 5.17 Å². The van der Waals surface area contributed by atoms with E-state index in [1.807, 2.05) is 6.92 Å². The van der Waals surface area contributed by atoms with E-state index in [1.165, 1.54) is 32.1 Å². The topological polar surface area (TPSA) is 41.5 Å². The molecule has 0 bridgehead atoms. The normalized spacial score (nSPS) is 30.5. The third-order valence-electron chi connectivity index (χ3n) is 3.64. The second-order valence-electron chi connectivity index (χ2n) is 5.28. The Morgan fingerprint density at radius 3 is 2.76 bits per heavy atom. The van der Waals surface area contributed by atoms with Crippen LogP contribution < -0.4 is 5.32 Å². The molecule has 0 spiro atoms. The van der Waals surface area contributed by atoms with Crippen molar-refractivity contribution in [1.82, 2.24) is 5.32 Å². The smallest absolute Gasteiger partial charge is 0.264 e. The number of rotatable bonds is 3. The Kier molecular flexibility index (Phi) is 4.13. The van der Waals surface area contributed by atoms with Crippen LogP contribution in [0.4, 0.5) is 0 Å². The van der Waals surface area contributed by atoms with E-state index in [1.54, 1.807) is 11.8 Å². The summed E-state index contributed by atoms with van der Waals surface area (Å²) in [6.07, 6.45) is 8.34. The van der Waals surface area contributed by atoms with Gasteiger partial charge in [-0.1, -0.05) is 44.4 Å². The van der Waals surface area contributed by atoms with Crippen molar-refractivity contribution < 1.29 is 4.79 Å². The monoisotopic (exact) mass is 254 g/mol. The molecule has 1 aliphatic carbocycles. The summed E-state index contributed by atoms with van der Waals surface area (Å²) >= 11 is 1.63. The highest BCUT2D eigenvalue weighted by Gasteiger charge is 2.40. The van der Waals surface area contributed by atoms with E-state index in [0.717, 1.165) is 18.0 Å². The first-order valence-electron chi connectivity index (χ1n) is 6.73. The first kappa shape index (κ1) is 12.9. The summed E-state index contributed by atoms with van der Waals surface area (Å²) < 4.78 is -0.314. The molecule has 0 aromatic heterocycles. The molecule has 0 radical (unpaired) electrons. The highest BCUT2D eigenvalue weighted by molar-refractivity contribution is 8.16. The van der Waals surface area contributed by atoms with Crippen LogP contribution in [0.1, 0.15) is 58.8 Å². The van der Waals surface area contributed by atoms with E-state index in [2.05, 4.69) is 17.2 Å². The predicted molar refractivity (Wildman–Crippen MR) is 73.4 cm³/mol. The van der Waals surface area contributed by atoms with Gasteiger partial charge in [0.25, 0.3) is 5.91 Å². The average molecular weight is 254 g/mol. The Morgan fingerprint density at radius 1 is 1.41 bits per heavy atom. The maximum atomic E-state index is 11.9. The minimum Gasteiger partial charge on any atom is -0.362 e. The summed E-state index contributed by atoms with van der Waals surface area (Å²) in [6.45, 7) is 4.13. The Hall–Kier alpha value is -0.510. The number of nitrogens with one attached hydrogen (secondary N) is 1. The van der Waals surface area contributed by atoms with Gasteiger partial charge in [0.2, 0.25) is 0 Å². The fourth-order valence-electron chi connectivity index (χ4n) is 2.61. The first-order chi connectivity index (χ1) is 8.14. The molecule has 1 unspecified atom stereocenters. The molecule has 0 saturated heterocycles. The van der Waals surface area contributed by atoms with Crippen LogP contribution in [0.25, 0.3) is 0 Å². The summed E-state index contributed by atoms with van der Waals surface area (Å²) in [7, 11) is 0. The van der Waals surface area contributed by atoms with Crippen LogP contribution in [0, 0.1) is 0 Å². The van der Waals surface area contributed by atoms with Crippen LogP contribution in [0.3, 0.4) is 0 Å². The van der Waals surface area contributed by atoms with Gasteiger partial charge in [0, 0.05) is 6.04 Å². The van der Waals surface area contributed by atoms with Crippen LogP contribution in [-0.4, -0.2) is 21.9 Å². The van der Waals surface area contributed by atoms with Gasteiger partial charge in [-0.3, -0.25) is 4.79 Å². The minimum atomic E-state index is -0.314. The van der Waals surface area contributed by atoms with Crippen molar-refractivity contribution in [1.29, 1.82) is 0 Å². The third kappa shape index (κ3) is 3.03. The maximum Gasteiger partial charge on any atom is 0.264 e. The molecule has 3 nitrogen and oxygen atoms in total. The second kappa shape index (κ2) is 5.42. The lowest BCUT2D eigenvalue weighted by Gasteiger charge is -2.24. The predicted octanol–water partition coefficient (Wildman–Crippen LogP) is 3.10. The van der Waals surface area contributed by atoms with Crippen LogP contribution in [0.5, 0.6) is 0 Å². The number of carbonyl (C=O) groups is 1. The van der Waals surface area contributed by atoms with E-state index >= 15 is 0 Å². The number of thioether (sulfide) groups is 1. The molecule has 1 heterocycles. The highest BCUT2D eigenvalue weighted by atomic mass is 32.2. The molecule has 96 valence electrons. The molecule has 17 heavy (non-hydrogen) atoms. The fraction of sp³-hybridized carbons (Fsp3) is 0.846. The highest BCUT2D eigenvalue weighted by Crippen LogP contribution is 2.37. The molecule has 4 heteroatoms. The van der Waals surface area contributed by atoms with E-state index < -0.39 is 0 Å². The third-order valence-corrected chi connectivity index (χ3v) is 4.87. The summed E-state index contributed by atoms with van der Waals surface area (Å²) in [4.78, 5) is 16.1. The molecule has 0 aromatic carbocycles. The molecule has 1 N–H and O–H groups in total. The molecule has 1 aliphatic heterocycles. The Bertz CT molecular complexity index is 323. The van der Waals surface area contributed by atoms with Crippen molar-refractivity contribution in [2.45, 2.75) is 69.6 Å². The molecular weight excluding hydrogens is 232 g/mol. The van der Waals surface area contributed by atoms with Crippen LogP contribution in [-0.2, 0) is 4.79 Å². The first-order valence-corrected chi connectivity index (χ1v) is 7.54. The zero-order chi connectivity index (χ0) is 12.3. The van der Waals surface area contributed by atoms with Crippen LogP contribution in [0.15, 0.2) is 4.99 Å². The Balaban J connectivity index is 1.91. The lowest BCUT2D eigenvalue weighted by Crippen LogP contribution is -2.35. The van der Waals surface area contributed by atoms with Gasteiger partial charge in [0.1, 0.15) is 4.75 Å². The van der Waals surface area contributed by atoms with Crippen molar-refractivity contribution in [3.05, 3.63) is 0 Å². The standard InChI is InChI=1S/C13H22N2OS/c1-3-9-13(2)11(16)15-12(17-13)14-10-7-5-4-6-8-10/h10H,3-9H2,1-2H3,(H,14,15,16). The molecule has 0 aromatic rings. The van der Waals surface area contributed by atoms with Crippen molar-refractivity contribution >= 4 is 22.8 Å². The average Bonchev–Trinajstić information content (AvgIpc) is 2.56. The Morgan fingerprint density at radius 2 is 2.12 bits per heavy atom.